The zero-order chi connectivity index (χ0) is 16.1. The molecular formula is C18H16N2O3. The molecule has 3 aromatic rings. The standard InChI is InChI=1S/C18H16N2O3/c1-22-18-9-7-15(11-19-18)20-17(21)12-23-16-8-6-13-4-2-3-5-14(13)10-16/h2-11H,12H2,1H3,(H,20,21). The van der Waals surface area contributed by atoms with Crippen LogP contribution in [0.25, 0.3) is 10.8 Å². The smallest absolute Gasteiger partial charge is 0.262 e. The number of carbonyl (C=O) groups excluding carboxylic acids is 1. The third kappa shape index (κ3) is 3.77. The minimum absolute atomic E-state index is 0.0651. The molecule has 5 heteroatoms. The van der Waals surface area contributed by atoms with Crippen molar-refractivity contribution in [2.75, 3.05) is 19.0 Å². The molecule has 0 atom stereocenters. The van der Waals surface area contributed by atoms with Crippen LogP contribution in [0.4, 0.5) is 5.69 Å². The highest BCUT2D eigenvalue weighted by Gasteiger charge is 2.05. The largest absolute Gasteiger partial charge is 0.484 e. The monoisotopic (exact) mass is 308 g/mol. The maximum absolute atomic E-state index is 11.9. The first kappa shape index (κ1) is 14.8. The highest BCUT2D eigenvalue weighted by molar-refractivity contribution is 5.91. The number of benzene rings is 2. The van der Waals surface area contributed by atoms with Crippen molar-refractivity contribution in [3.63, 3.8) is 0 Å². The molecule has 2 aromatic carbocycles. The van der Waals surface area contributed by atoms with Crippen molar-refractivity contribution in [3.8, 4) is 11.6 Å². The Morgan fingerprint density at radius 1 is 1.09 bits per heavy atom. The van der Waals surface area contributed by atoms with Gasteiger partial charge in [-0.2, -0.15) is 0 Å². The lowest BCUT2D eigenvalue weighted by Gasteiger charge is -2.08. The second-order valence-corrected chi connectivity index (χ2v) is 4.94. The topological polar surface area (TPSA) is 60.5 Å². The summed E-state index contributed by atoms with van der Waals surface area (Å²) >= 11 is 0. The summed E-state index contributed by atoms with van der Waals surface area (Å²) in [6.45, 7) is -0.0651. The summed E-state index contributed by atoms with van der Waals surface area (Å²) < 4.78 is 10.5. The Balaban J connectivity index is 1.58. The Bertz CT molecular complexity index is 816. The molecule has 0 fully saturated rings. The molecule has 0 aliphatic heterocycles. The average Bonchev–Trinajstić information content (AvgIpc) is 2.60. The fourth-order valence-electron chi connectivity index (χ4n) is 2.18. The normalized spacial score (nSPS) is 10.3. The van der Waals surface area contributed by atoms with Gasteiger partial charge >= 0.3 is 0 Å². The SMILES string of the molecule is COc1ccc(NC(=O)COc2ccc3ccccc3c2)cn1. The van der Waals surface area contributed by atoms with E-state index in [0.717, 1.165) is 10.8 Å². The van der Waals surface area contributed by atoms with E-state index in [2.05, 4.69) is 10.3 Å². The maximum Gasteiger partial charge on any atom is 0.262 e. The molecule has 1 aromatic heterocycles. The molecule has 5 nitrogen and oxygen atoms in total. The molecule has 1 N–H and O–H groups in total. The van der Waals surface area contributed by atoms with Gasteiger partial charge in [-0.3, -0.25) is 4.79 Å². The van der Waals surface area contributed by atoms with Crippen molar-refractivity contribution in [1.29, 1.82) is 0 Å². The fraction of sp³-hybridized carbons (Fsp3) is 0.111. The van der Waals surface area contributed by atoms with Gasteiger partial charge in [-0.25, -0.2) is 4.98 Å². The molecule has 0 saturated carbocycles. The number of methoxy groups -OCH3 is 1. The van der Waals surface area contributed by atoms with Gasteiger partial charge in [0.2, 0.25) is 5.88 Å². The summed E-state index contributed by atoms with van der Waals surface area (Å²) in [5.74, 6) is 0.909. The number of aromatic nitrogens is 1. The van der Waals surface area contributed by atoms with Crippen molar-refractivity contribution in [1.82, 2.24) is 4.98 Å². The summed E-state index contributed by atoms with van der Waals surface area (Å²) in [6.07, 6.45) is 1.53. The van der Waals surface area contributed by atoms with E-state index in [1.165, 1.54) is 13.3 Å². The van der Waals surface area contributed by atoms with E-state index in [4.69, 9.17) is 9.47 Å². The van der Waals surface area contributed by atoms with Crippen LogP contribution < -0.4 is 14.8 Å². The van der Waals surface area contributed by atoms with E-state index in [-0.39, 0.29) is 12.5 Å². The Morgan fingerprint density at radius 3 is 2.65 bits per heavy atom. The Morgan fingerprint density at radius 2 is 1.91 bits per heavy atom. The van der Waals surface area contributed by atoms with Crippen LogP contribution in [0.15, 0.2) is 60.8 Å². The molecule has 3 rings (SSSR count). The van der Waals surface area contributed by atoms with Crippen LogP contribution in [0.5, 0.6) is 11.6 Å². The van der Waals surface area contributed by atoms with Crippen LogP contribution in [0.3, 0.4) is 0 Å². The molecule has 0 aliphatic carbocycles. The number of rotatable bonds is 5. The molecule has 0 spiro atoms. The lowest BCUT2D eigenvalue weighted by molar-refractivity contribution is -0.118. The number of ether oxygens (including phenoxy) is 2. The molecule has 1 amide bonds. The van der Waals surface area contributed by atoms with Crippen LogP contribution in [0.2, 0.25) is 0 Å². The molecule has 23 heavy (non-hydrogen) atoms. The van der Waals surface area contributed by atoms with E-state index in [9.17, 15) is 4.79 Å². The molecule has 0 bridgehead atoms. The zero-order valence-corrected chi connectivity index (χ0v) is 12.7. The van der Waals surface area contributed by atoms with Crippen molar-refractivity contribution in [2.45, 2.75) is 0 Å². The van der Waals surface area contributed by atoms with Gasteiger partial charge in [0.1, 0.15) is 5.75 Å². The van der Waals surface area contributed by atoms with Gasteiger partial charge in [0, 0.05) is 6.07 Å². The van der Waals surface area contributed by atoms with Crippen LogP contribution in [-0.4, -0.2) is 24.6 Å². The second-order valence-electron chi connectivity index (χ2n) is 4.94. The summed E-state index contributed by atoms with van der Waals surface area (Å²) in [5, 5.41) is 4.93. The molecule has 116 valence electrons. The molecule has 0 aliphatic rings. The van der Waals surface area contributed by atoms with Gasteiger partial charge in [0.05, 0.1) is 19.0 Å². The van der Waals surface area contributed by atoms with E-state index in [1.807, 2.05) is 42.5 Å². The highest BCUT2D eigenvalue weighted by Crippen LogP contribution is 2.20. The Kier molecular flexibility index (Phi) is 4.38. The number of hydrogen-bond donors (Lipinski definition) is 1. The van der Waals surface area contributed by atoms with Gasteiger partial charge in [-0.15, -0.1) is 0 Å². The van der Waals surface area contributed by atoms with Crippen molar-refractivity contribution in [3.05, 3.63) is 60.8 Å². The summed E-state index contributed by atoms with van der Waals surface area (Å²) in [5.41, 5.74) is 0.595. The first-order chi connectivity index (χ1) is 11.2. The number of pyridine rings is 1. The Hall–Kier alpha value is -3.08. The predicted octanol–water partition coefficient (Wildman–Crippen LogP) is 3.26. The van der Waals surface area contributed by atoms with Gasteiger partial charge in [0.15, 0.2) is 6.61 Å². The molecular weight excluding hydrogens is 292 g/mol. The van der Waals surface area contributed by atoms with Crippen molar-refractivity contribution < 1.29 is 14.3 Å². The number of nitrogens with zero attached hydrogens (tertiary/aromatic N) is 1. The van der Waals surface area contributed by atoms with Gasteiger partial charge in [-0.05, 0) is 29.0 Å². The Labute approximate surface area is 133 Å². The number of carbonyl (C=O) groups is 1. The minimum atomic E-state index is -0.245. The second kappa shape index (κ2) is 6.79. The van der Waals surface area contributed by atoms with Gasteiger partial charge in [-0.1, -0.05) is 30.3 Å². The lowest BCUT2D eigenvalue weighted by atomic mass is 10.1. The molecule has 0 radical (unpaired) electrons. The lowest BCUT2D eigenvalue weighted by Crippen LogP contribution is -2.20. The van der Waals surface area contributed by atoms with E-state index < -0.39 is 0 Å². The van der Waals surface area contributed by atoms with E-state index in [0.29, 0.717) is 17.3 Å². The third-order valence-corrected chi connectivity index (χ3v) is 3.32. The first-order valence-corrected chi connectivity index (χ1v) is 7.16. The van der Waals surface area contributed by atoms with Crippen molar-refractivity contribution >= 4 is 22.4 Å². The van der Waals surface area contributed by atoms with Gasteiger partial charge < -0.3 is 14.8 Å². The number of nitrogens with one attached hydrogen (secondary N) is 1. The minimum Gasteiger partial charge on any atom is -0.484 e. The third-order valence-electron chi connectivity index (χ3n) is 3.32. The average molecular weight is 308 g/mol. The zero-order valence-electron chi connectivity index (χ0n) is 12.7. The molecule has 0 unspecified atom stereocenters. The summed E-state index contributed by atoms with van der Waals surface area (Å²) in [7, 11) is 1.54. The van der Waals surface area contributed by atoms with E-state index >= 15 is 0 Å². The highest BCUT2D eigenvalue weighted by atomic mass is 16.5. The number of anilines is 1. The first-order valence-electron chi connectivity index (χ1n) is 7.16. The van der Waals surface area contributed by atoms with Gasteiger partial charge in [0.25, 0.3) is 5.91 Å². The molecule has 1 heterocycles. The summed E-state index contributed by atoms with van der Waals surface area (Å²) in [4.78, 5) is 15.9. The van der Waals surface area contributed by atoms with Crippen molar-refractivity contribution in [2.24, 2.45) is 0 Å². The summed E-state index contributed by atoms with van der Waals surface area (Å²) in [6, 6.07) is 17.1. The number of hydrogen-bond acceptors (Lipinski definition) is 4. The number of fused-ring (bicyclic) bond motifs is 1. The van der Waals surface area contributed by atoms with Crippen LogP contribution >= 0.6 is 0 Å². The van der Waals surface area contributed by atoms with Crippen LogP contribution in [0.1, 0.15) is 0 Å². The van der Waals surface area contributed by atoms with Crippen LogP contribution in [0, 0.1) is 0 Å². The van der Waals surface area contributed by atoms with E-state index in [1.54, 1.807) is 12.1 Å². The molecule has 0 saturated heterocycles. The van der Waals surface area contributed by atoms with Crippen LogP contribution in [-0.2, 0) is 4.79 Å². The quantitative estimate of drug-likeness (QED) is 0.786. The fourth-order valence-corrected chi connectivity index (χ4v) is 2.18. The maximum atomic E-state index is 11.9. The predicted molar refractivity (Wildman–Crippen MR) is 88.9 cm³/mol. The number of amides is 1.